The first-order valence-corrected chi connectivity index (χ1v) is 8.98. The van der Waals surface area contributed by atoms with Gasteiger partial charge in [-0.05, 0) is 13.3 Å². The molecule has 0 rings (SSSR count). The maximum atomic E-state index is 12.0. The summed E-state index contributed by atoms with van der Waals surface area (Å²) in [5.41, 5.74) is 5.31. The molecule has 3 atom stereocenters. The number of nitrogens with one attached hydrogen (secondary N) is 3. The lowest BCUT2D eigenvalue weighted by atomic mass is 10.1. The number of nitrogens with two attached hydrogens (primary N) is 1. The Morgan fingerprint density at radius 3 is 1.76 bits per heavy atom. The van der Waals surface area contributed by atoms with Crippen molar-refractivity contribution in [2.75, 3.05) is 6.54 Å². The summed E-state index contributed by atoms with van der Waals surface area (Å²) in [6.45, 7) is 0.540. The van der Waals surface area contributed by atoms with E-state index in [1.54, 1.807) is 0 Å². The molecular formula is C16H23F3N4O11. The van der Waals surface area contributed by atoms with Gasteiger partial charge in [-0.1, -0.05) is 0 Å². The summed E-state index contributed by atoms with van der Waals surface area (Å²) in [5.74, 6) is -9.31. The van der Waals surface area contributed by atoms with E-state index in [-0.39, 0.29) is 6.42 Å². The van der Waals surface area contributed by atoms with E-state index in [1.807, 2.05) is 0 Å². The quantitative estimate of drug-likeness (QED) is 0.137. The van der Waals surface area contributed by atoms with E-state index < -0.39 is 85.3 Å². The van der Waals surface area contributed by atoms with Gasteiger partial charge < -0.3 is 42.1 Å². The zero-order valence-electron chi connectivity index (χ0n) is 17.4. The topological polar surface area (TPSA) is 263 Å². The number of carbonyl (C=O) groups is 7. The monoisotopic (exact) mass is 504 g/mol. The first-order chi connectivity index (χ1) is 15.4. The number of aliphatic carboxylic acids is 4. The maximum Gasteiger partial charge on any atom is 0.490 e. The predicted molar refractivity (Wildman–Crippen MR) is 101 cm³/mol. The van der Waals surface area contributed by atoms with Crippen LogP contribution >= 0.6 is 0 Å². The van der Waals surface area contributed by atoms with Gasteiger partial charge in [0.2, 0.25) is 17.7 Å². The molecule has 0 aliphatic rings. The number of hydrogen-bond donors (Lipinski definition) is 8. The third-order valence-corrected chi connectivity index (χ3v) is 3.42. The van der Waals surface area contributed by atoms with Crippen molar-refractivity contribution in [3.8, 4) is 0 Å². The number of hydrogen-bond acceptors (Lipinski definition) is 8. The lowest BCUT2D eigenvalue weighted by molar-refractivity contribution is -0.192. The largest absolute Gasteiger partial charge is 0.490 e. The van der Waals surface area contributed by atoms with E-state index in [1.165, 1.54) is 6.92 Å². The molecule has 0 fully saturated rings. The SMILES string of the molecule is C[C@H](NC(=O)[C@H](CCC(=O)O)NC(=O)CNC(=O)[C@@H](N)CC(=O)O)C(=O)O.O=C(O)C(F)(F)F. The molecule has 0 radical (unpaired) electrons. The number of halogens is 3. The number of carbonyl (C=O) groups excluding carboxylic acids is 3. The molecule has 0 bridgehead atoms. The van der Waals surface area contributed by atoms with E-state index in [0.717, 1.165) is 0 Å². The van der Waals surface area contributed by atoms with E-state index >= 15 is 0 Å². The van der Waals surface area contributed by atoms with E-state index in [9.17, 15) is 41.9 Å². The molecular weight excluding hydrogens is 481 g/mol. The van der Waals surface area contributed by atoms with Crippen LogP contribution in [0.2, 0.25) is 0 Å². The van der Waals surface area contributed by atoms with Crippen LogP contribution in [0.5, 0.6) is 0 Å². The van der Waals surface area contributed by atoms with Crippen molar-refractivity contribution in [2.45, 2.75) is 50.5 Å². The molecule has 0 heterocycles. The zero-order valence-corrected chi connectivity index (χ0v) is 17.4. The summed E-state index contributed by atoms with van der Waals surface area (Å²) < 4.78 is 31.7. The molecule has 15 nitrogen and oxygen atoms in total. The van der Waals surface area contributed by atoms with Crippen LogP contribution in [0.15, 0.2) is 0 Å². The molecule has 0 unspecified atom stereocenters. The Hall–Kier alpha value is -3.96. The number of rotatable bonds is 12. The summed E-state index contributed by atoms with van der Waals surface area (Å²) in [6, 6.07) is -3.99. The molecule has 0 aromatic heterocycles. The highest BCUT2D eigenvalue weighted by atomic mass is 19.4. The summed E-state index contributed by atoms with van der Waals surface area (Å²) in [6.07, 6.45) is -6.52. The van der Waals surface area contributed by atoms with Crippen LogP contribution in [0.1, 0.15) is 26.2 Å². The van der Waals surface area contributed by atoms with Gasteiger partial charge in [-0.15, -0.1) is 0 Å². The fraction of sp³-hybridized carbons (Fsp3) is 0.562. The third kappa shape index (κ3) is 15.8. The Labute approximate surface area is 188 Å². The molecule has 0 saturated carbocycles. The molecule has 18 heteroatoms. The second-order valence-electron chi connectivity index (χ2n) is 6.35. The highest BCUT2D eigenvalue weighted by Gasteiger charge is 2.38. The molecule has 0 aromatic rings. The summed E-state index contributed by atoms with van der Waals surface area (Å²) in [7, 11) is 0. The zero-order chi connectivity index (χ0) is 27.2. The van der Waals surface area contributed by atoms with Gasteiger partial charge in [-0.3, -0.25) is 28.8 Å². The number of alkyl halides is 3. The van der Waals surface area contributed by atoms with Crippen LogP contribution in [0.4, 0.5) is 13.2 Å². The van der Waals surface area contributed by atoms with E-state index in [0.29, 0.717) is 0 Å². The van der Waals surface area contributed by atoms with Crippen LogP contribution in [0.25, 0.3) is 0 Å². The van der Waals surface area contributed by atoms with Crippen molar-refractivity contribution >= 4 is 41.6 Å². The average molecular weight is 504 g/mol. The standard InChI is InChI=1S/C14H22N4O9.C2HF3O2/c1-6(14(26)27)17-13(25)8(2-3-10(20)21)18-9(19)5-16-12(24)7(15)4-11(22)23;3-2(4,5)1(6)7/h6-8H,2-5,15H2,1H3,(H,16,24)(H,17,25)(H,18,19)(H,20,21)(H,22,23)(H,26,27);(H,6,7)/t6-,7-,8-;/m0./s1. The summed E-state index contributed by atoms with van der Waals surface area (Å²) in [4.78, 5) is 76.2. The normalized spacial score (nSPS) is 13.1. The smallest absolute Gasteiger partial charge is 0.481 e. The molecule has 9 N–H and O–H groups in total. The van der Waals surface area contributed by atoms with Crippen LogP contribution in [-0.4, -0.2) is 92.9 Å². The maximum absolute atomic E-state index is 12.0. The first-order valence-electron chi connectivity index (χ1n) is 8.98. The van der Waals surface area contributed by atoms with Crippen molar-refractivity contribution in [3.05, 3.63) is 0 Å². The Kier molecular flexibility index (Phi) is 14.2. The molecule has 0 spiro atoms. The van der Waals surface area contributed by atoms with Crippen LogP contribution in [0.3, 0.4) is 0 Å². The van der Waals surface area contributed by atoms with Crippen molar-refractivity contribution in [3.63, 3.8) is 0 Å². The Balaban J connectivity index is 0. The van der Waals surface area contributed by atoms with Crippen molar-refractivity contribution < 1.29 is 67.2 Å². The molecule has 0 aromatic carbocycles. The molecule has 34 heavy (non-hydrogen) atoms. The molecule has 3 amide bonds. The van der Waals surface area contributed by atoms with Gasteiger partial charge in [0.15, 0.2) is 0 Å². The lowest BCUT2D eigenvalue weighted by Gasteiger charge is -2.19. The van der Waals surface area contributed by atoms with Gasteiger partial charge in [0.1, 0.15) is 12.1 Å². The molecule has 194 valence electrons. The van der Waals surface area contributed by atoms with Gasteiger partial charge in [-0.25, -0.2) is 4.79 Å². The molecule has 0 aliphatic carbocycles. The highest BCUT2D eigenvalue weighted by molar-refractivity contribution is 5.93. The van der Waals surface area contributed by atoms with Crippen molar-refractivity contribution in [2.24, 2.45) is 5.73 Å². The van der Waals surface area contributed by atoms with Gasteiger partial charge in [0.25, 0.3) is 0 Å². The van der Waals surface area contributed by atoms with Gasteiger partial charge >= 0.3 is 30.1 Å². The second-order valence-corrected chi connectivity index (χ2v) is 6.35. The van der Waals surface area contributed by atoms with Gasteiger partial charge in [0.05, 0.1) is 19.0 Å². The fourth-order valence-corrected chi connectivity index (χ4v) is 1.74. The highest BCUT2D eigenvalue weighted by Crippen LogP contribution is 2.13. The average Bonchev–Trinajstić information content (AvgIpc) is 2.67. The van der Waals surface area contributed by atoms with E-state index in [4.69, 9.17) is 31.0 Å². The minimum Gasteiger partial charge on any atom is -0.481 e. The summed E-state index contributed by atoms with van der Waals surface area (Å²) in [5, 5.41) is 39.5. The Bertz CT molecular complexity index is 789. The van der Waals surface area contributed by atoms with Gasteiger partial charge in [0, 0.05) is 6.42 Å². The fourth-order valence-electron chi connectivity index (χ4n) is 1.74. The minimum atomic E-state index is -5.08. The third-order valence-electron chi connectivity index (χ3n) is 3.42. The van der Waals surface area contributed by atoms with E-state index in [2.05, 4.69) is 16.0 Å². The number of carboxylic acid groups (broad SMARTS) is 4. The Morgan fingerprint density at radius 2 is 1.38 bits per heavy atom. The van der Waals surface area contributed by atoms with Crippen molar-refractivity contribution in [1.29, 1.82) is 0 Å². The van der Waals surface area contributed by atoms with Crippen LogP contribution < -0.4 is 21.7 Å². The van der Waals surface area contributed by atoms with Crippen molar-refractivity contribution in [1.82, 2.24) is 16.0 Å². The first kappa shape index (κ1) is 32.2. The van der Waals surface area contributed by atoms with Crippen LogP contribution in [0, 0.1) is 0 Å². The second kappa shape index (κ2) is 15.0. The van der Waals surface area contributed by atoms with Crippen LogP contribution in [-0.2, 0) is 33.6 Å². The van der Waals surface area contributed by atoms with Gasteiger partial charge in [-0.2, -0.15) is 13.2 Å². The number of amides is 3. The Morgan fingerprint density at radius 1 is 0.882 bits per heavy atom. The predicted octanol–water partition coefficient (Wildman–Crippen LogP) is -2.52. The molecule has 0 aliphatic heterocycles. The lowest BCUT2D eigenvalue weighted by Crippen LogP contribution is -2.53. The number of carboxylic acids is 4. The summed E-state index contributed by atoms with van der Waals surface area (Å²) >= 11 is 0. The molecule has 0 saturated heterocycles. The minimum absolute atomic E-state index is 0.314.